The topological polar surface area (TPSA) is 82.9 Å². The molecule has 2 atom stereocenters. The Labute approximate surface area is 190 Å². The van der Waals surface area contributed by atoms with Crippen molar-refractivity contribution in [3.05, 3.63) is 58.8 Å². The van der Waals surface area contributed by atoms with Gasteiger partial charge in [-0.3, -0.25) is 14.5 Å². The van der Waals surface area contributed by atoms with Crippen molar-refractivity contribution in [2.75, 3.05) is 6.54 Å². The van der Waals surface area contributed by atoms with Crippen LogP contribution in [0.4, 0.5) is 9.18 Å². The molecule has 9 heteroatoms. The number of imide groups is 1. The Hall–Kier alpha value is -2.87. The summed E-state index contributed by atoms with van der Waals surface area (Å²) in [5.41, 5.74) is 0.622. The number of hydrogen-bond acceptors (Lipinski definition) is 4. The molecule has 1 aliphatic carbocycles. The van der Waals surface area contributed by atoms with Crippen LogP contribution < -0.4 is 5.32 Å². The van der Waals surface area contributed by atoms with Gasteiger partial charge in [-0.25, -0.2) is 9.18 Å². The van der Waals surface area contributed by atoms with Gasteiger partial charge < -0.3 is 14.6 Å². The van der Waals surface area contributed by atoms with Crippen LogP contribution in [0.2, 0.25) is 5.02 Å². The summed E-state index contributed by atoms with van der Waals surface area (Å²) in [5.74, 6) is -0.625. The number of fused-ring (bicyclic) bond motifs is 1. The van der Waals surface area contributed by atoms with E-state index in [1.807, 2.05) is 0 Å². The van der Waals surface area contributed by atoms with E-state index < -0.39 is 11.8 Å². The molecular weight excluding hydrogens is 437 g/mol. The summed E-state index contributed by atoms with van der Waals surface area (Å²) in [6.07, 6.45) is 4.81. The van der Waals surface area contributed by atoms with Gasteiger partial charge in [-0.2, -0.15) is 0 Å². The molecule has 2 heterocycles. The number of carbonyl (C=O) groups is 3. The second-order valence-electron chi connectivity index (χ2n) is 8.20. The first-order chi connectivity index (χ1) is 15.4. The lowest BCUT2D eigenvalue weighted by atomic mass is 9.81. The first-order valence-electron chi connectivity index (χ1n) is 10.8. The molecule has 170 valence electrons. The van der Waals surface area contributed by atoms with Gasteiger partial charge in [-0.1, -0.05) is 30.5 Å². The Kier molecular flexibility index (Phi) is 6.79. The third kappa shape index (κ3) is 4.80. The van der Waals surface area contributed by atoms with Gasteiger partial charge in [-0.05, 0) is 42.7 Å². The van der Waals surface area contributed by atoms with Crippen LogP contribution in [0.25, 0.3) is 0 Å². The monoisotopic (exact) mass is 461 g/mol. The lowest BCUT2D eigenvalue weighted by molar-refractivity contribution is -0.141. The van der Waals surface area contributed by atoms with Gasteiger partial charge in [0.2, 0.25) is 11.8 Å². The summed E-state index contributed by atoms with van der Waals surface area (Å²) in [4.78, 5) is 41.5. The van der Waals surface area contributed by atoms with Crippen molar-refractivity contribution in [1.29, 1.82) is 0 Å². The van der Waals surface area contributed by atoms with Crippen molar-refractivity contribution >= 4 is 29.4 Å². The highest BCUT2D eigenvalue weighted by Crippen LogP contribution is 2.36. The number of furan rings is 1. The quantitative estimate of drug-likeness (QED) is 0.672. The van der Waals surface area contributed by atoms with Crippen LogP contribution in [0.15, 0.2) is 41.0 Å². The number of halogens is 2. The van der Waals surface area contributed by atoms with Crippen LogP contribution >= 0.6 is 11.6 Å². The lowest BCUT2D eigenvalue weighted by Gasteiger charge is -2.47. The van der Waals surface area contributed by atoms with Crippen LogP contribution in [0, 0.1) is 11.7 Å². The second kappa shape index (κ2) is 9.73. The normalized spacial score (nSPS) is 20.9. The van der Waals surface area contributed by atoms with Crippen LogP contribution in [0.3, 0.4) is 0 Å². The molecule has 1 aliphatic heterocycles. The zero-order valence-corrected chi connectivity index (χ0v) is 18.3. The number of carbonyl (C=O) groups excluding carboxylic acids is 3. The highest BCUT2D eigenvalue weighted by atomic mass is 35.5. The average molecular weight is 462 g/mol. The number of urea groups is 1. The number of nitrogens with zero attached hydrogens (tertiary/aromatic N) is 2. The highest BCUT2D eigenvalue weighted by molar-refractivity contribution is 6.31. The minimum absolute atomic E-state index is 0.000714. The number of rotatable bonds is 7. The van der Waals surface area contributed by atoms with E-state index in [1.165, 1.54) is 23.3 Å². The maximum absolute atomic E-state index is 13.5. The molecule has 1 saturated carbocycles. The van der Waals surface area contributed by atoms with E-state index in [2.05, 4.69) is 5.32 Å². The van der Waals surface area contributed by atoms with Crippen molar-refractivity contribution in [3.8, 4) is 0 Å². The van der Waals surface area contributed by atoms with Gasteiger partial charge >= 0.3 is 6.03 Å². The largest absolute Gasteiger partial charge is 0.467 e. The molecule has 1 saturated heterocycles. The third-order valence-corrected chi connectivity index (χ3v) is 6.50. The van der Waals surface area contributed by atoms with Crippen molar-refractivity contribution in [3.63, 3.8) is 0 Å². The molecule has 2 aliphatic rings. The predicted octanol–water partition coefficient (Wildman–Crippen LogP) is 4.10. The van der Waals surface area contributed by atoms with E-state index >= 15 is 0 Å². The molecule has 2 fully saturated rings. The summed E-state index contributed by atoms with van der Waals surface area (Å²) in [7, 11) is 0. The van der Waals surface area contributed by atoms with Gasteiger partial charge in [0.15, 0.2) is 0 Å². The molecular formula is C23H25ClFN3O4. The van der Waals surface area contributed by atoms with Gasteiger partial charge in [-0.15, -0.1) is 0 Å². The van der Waals surface area contributed by atoms with E-state index in [1.54, 1.807) is 23.1 Å². The smallest absolute Gasteiger partial charge is 0.327 e. The molecule has 0 bridgehead atoms. The molecule has 1 N–H and O–H groups in total. The minimum Gasteiger partial charge on any atom is -0.467 e. The zero-order valence-electron chi connectivity index (χ0n) is 17.6. The molecule has 2 aromatic rings. The Balaban J connectivity index is 1.46. The first-order valence-corrected chi connectivity index (χ1v) is 11.2. The fraction of sp³-hybridized carbons (Fsp3) is 0.435. The fourth-order valence-corrected chi connectivity index (χ4v) is 4.72. The van der Waals surface area contributed by atoms with Gasteiger partial charge in [0, 0.05) is 30.6 Å². The molecule has 4 rings (SSSR count). The zero-order chi connectivity index (χ0) is 22.7. The van der Waals surface area contributed by atoms with E-state index in [9.17, 15) is 18.8 Å². The maximum Gasteiger partial charge on any atom is 0.327 e. The molecule has 2 unspecified atom stereocenters. The Morgan fingerprint density at radius 2 is 2.03 bits per heavy atom. The molecule has 4 amide bonds. The van der Waals surface area contributed by atoms with Crippen molar-refractivity contribution < 1.29 is 23.2 Å². The lowest BCUT2D eigenvalue weighted by Crippen LogP contribution is -2.62. The summed E-state index contributed by atoms with van der Waals surface area (Å²) < 4.78 is 18.6. The summed E-state index contributed by atoms with van der Waals surface area (Å²) in [5, 5.41) is 2.97. The molecule has 32 heavy (non-hydrogen) atoms. The first kappa shape index (κ1) is 22.3. The highest BCUT2D eigenvalue weighted by Gasteiger charge is 2.46. The summed E-state index contributed by atoms with van der Waals surface area (Å²) >= 11 is 6.20. The van der Waals surface area contributed by atoms with Gasteiger partial charge in [0.1, 0.15) is 11.6 Å². The molecule has 7 nitrogen and oxygen atoms in total. The Morgan fingerprint density at radius 3 is 2.78 bits per heavy atom. The minimum atomic E-state index is -0.448. The third-order valence-electron chi connectivity index (χ3n) is 6.15. The van der Waals surface area contributed by atoms with Gasteiger partial charge in [0.05, 0.1) is 18.7 Å². The van der Waals surface area contributed by atoms with Gasteiger partial charge in [0.25, 0.3) is 0 Å². The van der Waals surface area contributed by atoms with Crippen molar-refractivity contribution in [1.82, 2.24) is 15.1 Å². The number of nitrogens with one attached hydrogen (secondary N) is 1. The van der Waals surface area contributed by atoms with Crippen molar-refractivity contribution in [2.45, 2.75) is 51.2 Å². The van der Waals surface area contributed by atoms with E-state index in [0.29, 0.717) is 17.7 Å². The van der Waals surface area contributed by atoms with Crippen LogP contribution in [-0.2, 0) is 22.7 Å². The van der Waals surface area contributed by atoms with E-state index in [0.717, 1.165) is 19.3 Å². The van der Waals surface area contributed by atoms with Crippen molar-refractivity contribution in [2.24, 2.45) is 5.92 Å². The maximum atomic E-state index is 13.5. The van der Waals surface area contributed by atoms with E-state index in [-0.39, 0.29) is 54.9 Å². The number of amides is 4. The molecule has 1 aromatic heterocycles. The number of benzene rings is 1. The Bertz CT molecular complexity index is 997. The van der Waals surface area contributed by atoms with Crippen LogP contribution in [0.5, 0.6) is 0 Å². The second-order valence-corrected chi connectivity index (χ2v) is 8.61. The molecule has 1 aromatic carbocycles. The Morgan fingerprint density at radius 1 is 1.22 bits per heavy atom. The fourth-order valence-electron chi connectivity index (χ4n) is 4.49. The molecule has 0 radical (unpaired) electrons. The SMILES string of the molecule is O=C(CCN1C(=O)C2CCCCC2N(Cc2ccc(F)cc2Cl)C1=O)NCc1ccco1. The van der Waals surface area contributed by atoms with Crippen LogP contribution in [0.1, 0.15) is 43.4 Å². The predicted molar refractivity (Wildman–Crippen MR) is 115 cm³/mol. The van der Waals surface area contributed by atoms with Crippen LogP contribution in [-0.4, -0.2) is 40.2 Å². The summed E-state index contributed by atoms with van der Waals surface area (Å²) in [6, 6.07) is 6.92. The van der Waals surface area contributed by atoms with E-state index in [4.69, 9.17) is 16.0 Å². The standard InChI is InChI=1S/C23H25ClFN3O4/c24-19-12-16(25)8-7-15(19)14-28-20-6-2-1-5-18(20)22(30)27(23(28)31)10-9-21(29)26-13-17-4-3-11-32-17/h3-4,7-8,11-12,18,20H,1-2,5-6,9-10,13-14H2,(H,26,29). The average Bonchev–Trinajstić information content (AvgIpc) is 3.30. The molecule has 0 spiro atoms. The summed E-state index contributed by atoms with van der Waals surface area (Å²) in [6.45, 7) is 0.430. The number of hydrogen-bond donors (Lipinski definition) is 1.